The van der Waals surface area contributed by atoms with Crippen molar-refractivity contribution in [2.75, 3.05) is 19.6 Å². The lowest BCUT2D eigenvalue weighted by Gasteiger charge is -2.49. The maximum Gasteiger partial charge on any atom is 0.239 e. The lowest BCUT2D eigenvalue weighted by Crippen LogP contribution is -2.71. The molecule has 0 aromatic carbocycles. The molecular weight excluding hydrogens is 244 g/mol. The smallest absolute Gasteiger partial charge is 0.239 e. The molecule has 3 aliphatic rings. The number of nitrogens with two attached hydrogens (primary N) is 1. The van der Waals surface area contributed by atoms with Crippen molar-refractivity contribution in [2.24, 2.45) is 28.5 Å². The van der Waals surface area contributed by atoms with Crippen LogP contribution in [0.2, 0.25) is 0 Å². The third-order valence-corrected chi connectivity index (χ3v) is 5.31. The van der Waals surface area contributed by atoms with E-state index in [-0.39, 0.29) is 40.4 Å². The van der Waals surface area contributed by atoms with Gasteiger partial charge in [0.15, 0.2) is 5.78 Å². The molecule has 6 nitrogen and oxygen atoms in total. The van der Waals surface area contributed by atoms with Crippen LogP contribution in [0.15, 0.2) is 0 Å². The number of hydrazine groups is 1. The Labute approximate surface area is 112 Å². The van der Waals surface area contributed by atoms with E-state index in [9.17, 15) is 9.59 Å². The van der Waals surface area contributed by atoms with Crippen molar-refractivity contribution in [1.29, 1.82) is 0 Å². The van der Waals surface area contributed by atoms with Crippen LogP contribution >= 0.6 is 0 Å². The number of ketones is 1. The summed E-state index contributed by atoms with van der Waals surface area (Å²) in [6.07, 6.45) is 0.960. The van der Waals surface area contributed by atoms with Gasteiger partial charge in [-0.25, -0.2) is 5.84 Å². The fourth-order valence-electron chi connectivity index (χ4n) is 3.72. The zero-order chi connectivity index (χ0) is 13.8. The molecule has 4 unspecified atom stereocenters. The minimum atomic E-state index is -0.279. The summed E-state index contributed by atoms with van der Waals surface area (Å²) in [5.41, 5.74) is 2.09. The Morgan fingerprint density at radius 3 is 2.42 bits per heavy atom. The van der Waals surface area contributed by atoms with Gasteiger partial charge in [0.1, 0.15) is 0 Å². The van der Waals surface area contributed by atoms with E-state index in [1.807, 2.05) is 0 Å². The Morgan fingerprint density at radius 1 is 1.26 bits per heavy atom. The van der Waals surface area contributed by atoms with Gasteiger partial charge in [0.05, 0.1) is 12.0 Å². The Balaban J connectivity index is 1.78. The van der Waals surface area contributed by atoms with Gasteiger partial charge in [-0.3, -0.25) is 15.0 Å². The molecule has 1 saturated carbocycles. The number of rotatable bonds is 3. The van der Waals surface area contributed by atoms with Crippen LogP contribution in [0.1, 0.15) is 20.3 Å². The van der Waals surface area contributed by atoms with Crippen molar-refractivity contribution >= 4 is 11.7 Å². The number of hydrogen-bond acceptors (Lipinski definition) is 5. The van der Waals surface area contributed by atoms with Crippen LogP contribution < -0.4 is 21.9 Å². The lowest BCUT2D eigenvalue weighted by molar-refractivity contribution is -0.137. The van der Waals surface area contributed by atoms with E-state index in [0.29, 0.717) is 19.6 Å². The highest BCUT2D eigenvalue weighted by atomic mass is 16.2. The molecule has 106 valence electrons. The standard InChI is InChI=1S/C13H22N4O2/c1-12(2)3-7(12)9(18)10-13(6-16-10)5-15-4-8(13)11(19)17-14/h7-8,10,15-16H,3-6,14H2,1-2H3,(H,17,19). The highest BCUT2D eigenvalue weighted by Crippen LogP contribution is 2.55. The summed E-state index contributed by atoms with van der Waals surface area (Å²) in [7, 11) is 0. The molecule has 1 spiro atoms. The second-order valence-electron chi connectivity index (χ2n) is 6.89. The van der Waals surface area contributed by atoms with Gasteiger partial charge in [-0.2, -0.15) is 0 Å². The first-order chi connectivity index (χ1) is 8.92. The first-order valence-corrected chi connectivity index (χ1v) is 6.91. The van der Waals surface area contributed by atoms with Crippen LogP contribution in [0.25, 0.3) is 0 Å². The zero-order valence-corrected chi connectivity index (χ0v) is 11.5. The average Bonchev–Trinajstić information content (AvgIpc) is 2.78. The summed E-state index contributed by atoms with van der Waals surface area (Å²) in [5, 5.41) is 6.47. The summed E-state index contributed by atoms with van der Waals surface area (Å²) in [5.74, 6) is 5.29. The Kier molecular flexibility index (Phi) is 2.75. The maximum atomic E-state index is 12.6. The van der Waals surface area contributed by atoms with E-state index in [0.717, 1.165) is 6.42 Å². The van der Waals surface area contributed by atoms with Gasteiger partial charge in [-0.05, 0) is 11.8 Å². The molecule has 0 aromatic heterocycles. The number of Topliss-reactive ketones (excluding diaryl/α,β-unsaturated/α-hetero) is 1. The van der Waals surface area contributed by atoms with Crippen molar-refractivity contribution in [2.45, 2.75) is 26.3 Å². The molecule has 5 N–H and O–H groups in total. The Bertz CT molecular complexity index is 436. The summed E-state index contributed by atoms with van der Waals surface area (Å²) >= 11 is 0. The topological polar surface area (TPSA) is 96.2 Å². The number of amides is 1. The van der Waals surface area contributed by atoms with Crippen LogP contribution in [-0.4, -0.2) is 37.4 Å². The van der Waals surface area contributed by atoms with Crippen LogP contribution in [0, 0.1) is 22.7 Å². The molecule has 2 aliphatic heterocycles. The average molecular weight is 266 g/mol. The third kappa shape index (κ3) is 1.74. The summed E-state index contributed by atoms with van der Waals surface area (Å²) in [4.78, 5) is 24.5. The van der Waals surface area contributed by atoms with Crippen molar-refractivity contribution in [3.8, 4) is 0 Å². The van der Waals surface area contributed by atoms with Gasteiger partial charge in [0.2, 0.25) is 5.91 Å². The quantitative estimate of drug-likeness (QED) is 0.291. The van der Waals surface area contributed by atoms with Crippen molar-refractivity contribution in [3.05, 3.63) is 0 Å². The first kappa shape index (κ1) is 13.0. The van der Waals surface area contributed by atoms with E-state index in [2.05, 4.69) is 29.9 Å². The van der Waals surface area contributed by atoms with Crippen molar-refractivity contribution < 1.29 is 9.59 Å². The first-order valence-electron chi connectivity index (χ1n) is 6.91. The molecule has 1 aliphatic carbocycles. The Hall–Kier alpha value is -0.980. The molecule has 0 radical (unpaired) electrons. The van der Waals surface area contributed by atoms with E-state index in [1.165, 1.54) is 0 Å². The van der Waals surface area contributed by atoms with Crippen molar-refractivity contribution in [1.82, 2.24) is 16.1 Å². The highest BCUT2D eigenvalue weighted by molar-refractivity contribution is 5.93. The van der Waals surface area contributed by atoms with E-state index in [4.69, 9.17) is 5.84 Å². The largest absolute Gasteiger partial charge is 0.315 e. The molecule has 6 heteroatoms. The molecular formula is C13H22N4O2. The second kappa shape index (κ2) is 4.01. The number of hydrogen-bond donors (Lipinski definition) is 4. The SMILES string of the molecule is CC1(C)CC1C(=O)C1NCC12CNCC2C(=O)NN. The van der Waals surface area contributed by atoms with Gasteiger partial charge in [-0.15, -0.1) is 0 Å². The van der Waals surface area contributed by atoms with Crippen LogP contribution in [-0.2, 0) is 9.59 Å². The van der Waals surface area contributed by atoms with Crippen LogP contribution in [0.3, 0.4) is 0 Å². The minimum absolute atomic E-state index is 0.132. The van der Waals surface area contributed by atoms with Gasteiger partial charge in [0, 0.05) is 31.0 Å². The van der Waals surface area contributed by atoms with Gasteiger partial charge in [-0.1, -0.05) is 13.8 Å². The predicted molar refractivity (Wildman–Crippen MR) is 69.8 cm³/mol. The molecule has 3 rings (SSSR count). The van der Waals surface area contributed by atoms with Crippen LogP contribution in [0.5, 0.6) is 0 Å². The predicted octanol–water partition coefficient (Wildman–Crippen LogP) is -1.23. The summed E-state index contributed by atoms with van der Waals surface area (Å²) in [6, 6.07) is -0.198. The maximum absolute atomic E-state index is 12.6. The fourth-order valence-corrected chi connectivity index (χ4v) is 3.72. The monoisotopic (exact) mass is 266 g/mol. The molecule has 3 fully saturated rings. The summed E-state index contributed by atoms with van der Waals surface area (Å²) < 4.78 is 0. The fraction of sp³-hybridized carbons (Fsp3) is 0.846. The van der Waals surface area contributed by atoms with E-state index >= 15 is 0 Å². The van der Waals surface area contributed by atoms with Gasteiger partial charge >= 0.3 is 0 Å². The molecule has 0 aromatic rings. The zero-order valence-electron chi connectivity index (χ0n) is 11.5. The number of nitrogens with one attached hydrogen (secondary N) is 3. The highest BCUT2D eigenvalue weighted by Gasteiger charge is 2.63. The Morgan fingerprint density at radius 2 is 1.95 bits per heavy atom. The molecule has 19 heavy (non-hydrogen) atoms. The number of carbonyl (C=O) groups excluding carboxylic acids is 2. The minimum Gasteiger partial charge on any atom is -0.315 e. The second-order valence-corrected chi connectivity index (χ2v) is 6.89. The van der Waals surface area contributed by atoms with Gasteiger partial charge in [0.25, 0.3) is 0 Å². The molecule has 0 bridgehead atoms. The normalized spacial score (nSPS) is 42.8. The lowest BCUT2D eigenvalue weighted by atomic mass is 9.64. The van der Waals surface area contributed by atoms with Crippen molar-refractivity contribution in [3.63, 3.8) is 0 Å². The van der Waals surface area contributed by atoms with Gasteiger partial charge < -0.3 is 10.6 Å². The number of carbonyl (C=O) groups is 2. The molecule has 1 amide bonds. The van der Waals surface area contributed by atoms with E-state index in [1.54, 1.807) is 0 Å². The summed E-state index contributed by atoms with van der Waals surface area (Å²) in [6.45, 7) is 6.27. The van der Waals surface area contributed by atoms with E-state index < -0.39 is 0 Å². The molecule has 4 atom stereocenters. The molecule has 2 heterocycles. The molecule has 2 saturated heterocycles. The van der Waals surface area contributed by atoms with Crippen LogP contribution in [0.4, 0.5) is 0 Å². The third-order valence-electron chi connectivity index (χ3n) is 5.31.